The van der Waals surface area contributed by atoms with E-state index in [1.165, 1.54) is 7.11 Å². The second kappa shape index (κ2) is 14.3. The zero-order valence-electron chi connectivity index (χ0n) is 19.1. The van der Waals surface area contributed by atoms with Gasteiger partial charge >= 0.3 is 30.1 Å². The fraction of sp³-hybridized carbons (Fsp3) is 0.250. The van der Waals surface area contributed by atoms with Gasteiger partial charge in [0.25, 0.3) is 0 Å². The maximum Gasteiger partial charge on any atom is 0.490 e. The Morgan fingerprint density at radius 2 is 1.56 bits per heavy atom. The highest BCUT2D eigenvalue weighted by atomic mass is 19.4. The lowest BCUT2D eigenvalue weighted by Gasteiger charge is -2.12. The van der Waals surface area contributed by atoms with Gasteiger partial charge in [0.2, 0.25) is 0 Å². The van der Waals surface area contributed by atoms with Gasteiger partial charge in [-0.05, 0) is 29.7 Å². The van der Waals surface area contributed by atoms with Gasteiger partial charge in [0.1, 0.15) is 18.4 Å². The molecule has 0 fully saturated rings. The molecule has 0 radical (unpaired) electrons. The van der Waals surface area contributed by atoms with Crippen LogP contribution in [0, 0.1) is 0 Å². The van der Waals surface area contributed by atoms with Crippen molar-refractivity contribution in [1.82, 2.24) is 0 Å². The van der Waals surface area contributed by atoms with Crippen LogP contribution in [0.25, 0.3) is 0 Å². The summed E-state index contributed by atoms with van der Waals surface area (Å²) >= 11 is 0. The molecule has 0 bridgehead atoms. The van der Waals surface area contributed by atoms with Crippen molar-refractivity contribution in [2.45, 2.75) is 31.7 Å². The Morgan fingerprint density at radius 3 is 2.06 bits per heavy atom. The Bertz CT molecular complexity index is 1050. The first kappa shape index (κ1) is 29.8. The van der Waals surface area contributed by atoms with E-state index in [-0.39, 0.29) is 30.8 Å². The number of benzene rings is 2. The van der Waals surface area contributed by atoms with E-state index in [0.717, 1.165) is 11.1 Å². The zero-order chi connectivity index (χ0) is 27.3. The summed E-state index contributed by atoms with van der Waals surface area (Å²) in [6.07, 6.45) is -5.05. The number of alkyl halides is 3. The number of carbonyl (C=O) groups excluding carboxylic acids is 3. The number of aliphatic carboxylic acids is 1. The normalized spacial score (nSPS) is 11.2. The predicted molar refractivity (Wildman–Crippen MR) is 119 cm³/mol. The largest absolute Gasteiger partial charge is 0.490 e. The van der Waals surface area contributed by atoms with E-state index in [4.69, 9.17) is 25.1 Å². The third-order valence-electron chi connectivity index (χ3n) is 4.23. The van der Waals surface area contributed by atoms with Crippen LogP contribution in [0.4, 0.5) is 13.2 Å². The summed E-state index contributed by atoms with van der Waals surface area (Å²) in [6, 6.07) is 15.0. The molecule has 1 atom stereocenters. The van der Waals surface area contributed by atoms with E-state index in [1.807, 2.05) is 30.3 Å². The predicted octanol–water partition coefficient (Wildman–Crippen LogP) is 2.96. The molecule has 12 heteroatoms. The minimum Gasteiger partial charge on any atom is -0.475 e. The van der Waals surface area contributed by atoms with Crippen LogP contribution in [0.2, 0.25) is 0 Å². The van der Waals surface area contributed by atoms with Crippen molar-refractivity contribution in [1.29, 1.82) is 0 Å². The molecule has 0 heterocycles. The summed E-state index contributed by atoms with van der Waals surface area (Å²) in [6.45, 7) is 3.68. The van der Waals surface area contributed by atoms with E-state index >= 15 is 0 Å². The molecule has 194 valence electrons. The highest BCUT2D eigenvalue weighted by Gasteiger charge is 2.38. The molecule has 0 aromatic heterocycles. The number of rotatable bonds is 9. The van der Waals surface area contributed by atoms with Crippen molar-refractivity contribution in [3.8, 4) is 5.75 Å². The van der Waals surface area contributed by atoms with Crippen LogP contribution in [0.15, 0.2) is 66.7 Å². The fourth-order valence-electron chi connectivity index (χ4n) is 2.36. The molecule has 0 amide bonds. The molecule has 0 spiro atoms. The second-order valence-electron chi connectivity index (χ2n) is 7.10. The lowest BCUT2D eigenvalue weighted by Crippen LogP contribution is -2.34. The fourth-order valence-corrected chi connectivity index (χ4v) is 2.36. The van der Waals surface area contributed by atoms with Crippen molar-refractivity contribution in [3.05, 3.63) is 77.9 Å². The number of carboxylic acids is 1. The highest BCUT2D eigenvalue weighted by molar-refractivity contribution is 5.94. The SMILES string of the molecule is C=C(CC(=O)OC)C(=O)Oc1ccc(C[C@H](N)C(=O)OCc2ccccc2)cc1.O=C(O)C(F)(F)F. The van der Waals surface area contributed by atoms with Gasteiger partial charge in [-0.2, -0.15) is 13.2 Å². The van der Waals surface area contributed by atoms with E-state index in [2.05, 4.69) is 11.3 Å². The van der Waals surface area contributed by atoms with Gasteiger partial charge < -0.3 is 25.1 Å². The van der Waals surface area contributed by atoms with Crippen molar-refractivity contribution in [3.63, 3.8) is 0 Å². The van der Waals surface area contributed by atoms with Crippen LogP contribution in [0.5, 0.6) is 5.75 Å². The van der Waals surface area contributed by atoms with Gasteiger partial charge in [0.15, 0.2) is 0 Å². The first-order chi connectivity index (χ1) is 16.8. The maximum absolute atomic E-state index is 12.1. The number of hydrogen-bond acceptors (Lipinski definition) is 8. The molecule has 9 nitrogen and oxygen atoms in total. The Kier molecular flexibility index (Phi) is 11.8. The summed E-state index contributed by atoms with van der Waals surface area (Å²) in [4.78, 5) is 44.0. The zero-order valence-corrected chi connectivity index (χ0v) is 19.1. The van der Waals surface area contributed by atoms with E-state index in [0.29, 0.717) is 0 Å². The summed E-state index contributed by atoms with van der Waals surface area (Å²) in [5.74, 6) is -4.26. The van der Waals surface area contributed by atoms with Gasteiger partial charge in [-0.1, -0.05) is 49.0 Å². The third-order valence-corrected chi connectivity index (χ3v) is 4.23. The van der Waals surface area contributed by atoms with Gasteiger partial charge in [-0.15, -0.1) is 0 Å². The number of methoxy groups -OCH3 is 1. The van der Waals surface area contributed by atoms with Gasteiger partial charge in [-0.3, -0.25) is 9.59 Å². The van der Waals surface area contributed by atoms with Crippen LogP contribution in [-0.4, -0.2) is 48.3 Å². The quantitative estimate of drug-likeness (QED) is 0.295. The molecule has 2 aromatic rings. The van der Waals surface area contributed by atoms with E-state index < -0.39 is 36.1 Å². The molecule has 0 aliphatic carbocycles. The molecule has 0 saturated heterocycles. The number of ether oxygens (including phenoxy) is 3. The lowest BCUT2D eigenvalue weighted by atomic mass is 10.1. The molecule has 0 aliphatic rings. The van der Waals surface area contributed by atoms with Crippen LogP contribution in [-0.2, 0) is 41.7 Å². The number of nitrogens with two attached hydrogens (primary N) is 1. The average molecular weight is 511 g/mol. The number of hydrogen-bond donors (Lipinski definition) is 2. The molecular weight excluding hydrogens is 487 g/mol. The molecule has 0 unspecified atom stereocenters. The number of halogens is 3. The number of carboxylic acid groups (broad SMARTS) is 1. The lowest BCUT2D eigenvalue weighted by molar-refractivity contribution is -0.192. The maximum atomic E-state index is 12.1. The Labute approximate surface area is 204 Å². The Morgan fingerprint density at radius 1 is 1.00 bits per heavy atom. The van der Waals surface area contributed by atoms with Gasteiger partial charge in [-0.25, -0.2) is 9.59 Å². The first-order valence-electron chi connectivity index (χ1n) is 10.2. The average Bonchev–Trinajstić information content (AvgIpc) is 2.83. The summed E-state index contributed by atoms with van der Waals surface area (Å²) in [5.41, 5.74) is 7.57. The smallest absolute Gasteiger partial charge is 0.475 e. The highest BCUT2D eigenvalue weighted by Crippen LogP contribution is 2.16. The van der Waals surface area contributed by atoms with Crippen LogP contribution < -0.4 is 10.5 Å². The standard InChI is InChI=1S/C22H23NO6.C2HF3O2/c1-15(12-20(24)27-2)21(25)29-18-10-8-16(9-11-18)13-19(23)22(26)28-14-17-6-4-3-5-7-17;3-2(4,5)1(6)7/h3-11,19H,1,12-14,23H2,2H3;(H,6,7)/t19-;/m0./s1. The number of esters is 3. The summed E-state index contributed by atoms with van der Waals surface area (Å²) in [5, 5.41) is 7.12. The van der Waals surface area contributed by atoms with Gasteiger partial charge in [0, 0.05) is 5.57 Å². The van der Waals surface area contributed by atoms with Crippen LogP contribution in [0.3, 0.4) is 0 Å². The van der Waals surface area contributed by atoms with E-state index in [1.54, 1.807) is 24.3 Å². The van der Waals surface area contributed by atoms with Crippen molar-refractivity contribution >= 4 is 23.9 Å². The third kappa shape index (κ3) is 11.3. The van der Waals surface area contributed by atoms with Crippen molar-refractivity contribution in [2.75, 3.05) is 7.11 Å². The molecule has 2 rings (SSSR count). The second-order valence-corrected chi connectivity index (χ2v) is 7.10. The molecule has 36 heavy (non-hydrogen) atoms. The topological polar surface area (TPSA) is 142 Å². The molecular formula is C24H24F3NO8. The minimum absolute atomic E-state index is 0.0101. The van der Waals surface area contributed by atoms with E-state index in [9.17, 15) is 27.6 Å². The molecule has 0 aliphatic heterocycles. The van der Waals surface area contributed by atoms with Crippen molar-refractivity contribution < 1.29 is 51.7 Å². The van der Waals surface area contributed by atoms with Crippen LogP contribution in [0.1, 0.15) is 17.5 Å². The minimum atomic E-state index is -5.08. The Balaban J connectivity index is 0.000000809. The number of carbonyl (C=O) groups is 4. The molecule has 3 N–H and O–H groups in total. The first-order valence-corrected chi connectivity index (χ1v) is 10.2. The van der Waals surface area contributed by atoms with Gasteiger partial charge in [0.05, 0.1) is 13.5 Å². The Hall–Kier alpha value is -4.19. The summed E-state index contributed by atoms with van der Waals surface area (Å²) < 4.78 is 46.6. The molecule has 2 aromatic carbocycles. The molecule has 0 saturated carbocycles. The summed E-state index contributed by atoms with van der Waals surface area (Å²) in [7, 11) is 1.22. The monoisotopic (exact) mass is 511 g/mol. The van der Waals surface area contributed by atoms with Crippen molar-refractivity contribution in [2.24, 2.45) is 5.73 Å². The van der Waals surface area contributed by atoms with Crippen LogP contribution >= 0.6 is 0 Å².